The summed E-state index contributed by atoms with van der Waals surface area (Å²) in [5, 5.41) is 3.05. The summed E-state index contributed by atoms with van der Waals surface area (Å²) in [5.74, 6) is -0.133. The number of hydrogen-bond acceptors (Lipinski definition) is 5. The number of nitrogens with zero attached hydrogens (tertiary/aromatic N) is 3. The summed E-state index contributed by atoms with van der Waals surface area (Å²) in [7, 11) is 0. The standard InChI is InChI=1S/C22H28N4O2/c27-22(21-15-20(7-8-23-21)26-11-13-28-14-12-26)24-16-18-5-1-2-6-19(18)17-25-9-3-4-10-25/h1-2,5-8,15H,3-4,9-14,16-17H2,(H,24,27). The normalized spacial score (nSPS) is 17.6. The number of rotatable bonds is 6. The molecule has 2 aliphatic rings. The minimum absolute atomic E-state index is 0.133. The van der Waals surface area contributed by atoms with E-state index in [4.69, 9.17) is 4.74 Å². The Labute approximate surface area is 166 Å². The lowest BCUT2D eigenvalue weighted by Gasteiger charge is -2.28. The average molecular weight is 380 g/mol. The van der Waals surface area contributed by atoms with Crippen molar-refractivity contribution >= 4 is 11.6 Å². The van der Waals surface area contributed by atoms with Crippen LogP contribution in [0.4, 0.5) is 5.69 Å². The topological polar surface area (TPSA) is 57.7 Å². The molecule has 6 heteroatoms. The molecular weight excluding hydrogens is 352 g/mol. The maximum absolute atomic E-state index is 12.7. The smallest absolute Gasteiger partial charge is 0.270 e. The highest BCUT2D eigenvalue weighted by atomic mass is 16.5. The first-order valence-electron chi connectivity index (χ1n) is 10.2. The maximum Gasteiger partial charge on any atom is 0.270 e. The third-order valence-electron chi connectivity index (χ3n) is 5.50. The van der Waals surface area contributed by atoms with Crippen LogP contribution in [0.15, 0.2) is 42.6 Å². The van der Waals surface area contributed by atoms with E-state index < -0.39 is 0 Å². The van der Waals surface area contributed by atoms with Crippen molar-refractivity contribution in [1.29, 1.82) is 0 Å². The molecule has 2 aliphatic heterocycles. The van der Waals surface area contributed by atoms with E-state index in [2.05, 4.69) is 38.3 Å². The summed E-state index contributed by atoms with van der Waals surface area (Å²) in [4.78, 5) is 21.7. The molecule has 2 saturated heterocycles. The monoisotopic (exact) mass is 380 g/mol. The Balaban J connectivity index is 1.39. The van der Waals surface area contributed by atoms with Crippen LogP contribution in [-0.4, -0.2) is 55.2 Å². The summed E-state index contributed by atoms with van der Waals surface area (Å²) >= 11 is 0. The number of ether oxygens (including phenoxy) is 1. The number of amides is 1. The first kappa shape index (κ1) is 18.9. The van der Waals surface area contributed by atoms with Crippen LogP contribution in [0, 0.1) is 0 Å². The Hall–Kier alpha value is -2.44. The largest absolute Gasteiger partial charge is 0.378 e. The molecule has 148 valence electrons. The van der Waals surface area contributed by atoms with E-state index in [0.717, 1.165) is 38.5 Å². The molecule has 28 heavy (non-hydrogen) atoms. The lowest BCUT2D eigenvalue weighted by atomic mass is 10.1. The van der Waals surface area contributed by atoms with E-state index in [1.54, 1.807) is 6.20 Å². The number of nitrogens with one attached hydrogen (secondary N) is 1. The lowest BCUT2D eigenvalue weighted by Crippen LogP contribution is -2.36. The quantitative estimate of drug-likeness (QED) is 0.834. The maximum atomic E-state index is 12.7. The molecule has 2 aromatic rings. The van der Waals surface area contributed by atoms with Crippen molar-refractivity contribution in [2.75, 3.05) is 44.3 Å². The van der Waals surface area contributed by atoms with E-state index in [-0.39, 0.29) is 5.91 Å². The predicted octanol–water partition coefficient (Wildman–Crippen LogP) is 2.44. The number of likely N-dealkylation sites (tertiary alicyclic amines) is 1. The second-order valence-corrected chi connectivity index (χ2v) is 7.43. The molecule has 2 fully saturated rings. The summed E-state index contributed by atoms with van der Waals surface area (Å²) in [6.45, 7) is 6.93. The first-order valence-corrected chi connectivity index (χ1v) is 10.2. The van der Waals surface area contributed by atoms with Crippen LogP contribution in [0.25, 0.3) is 0 Å². The van der Waals surface area contributed by atoms with Crippen molar-refractivity contribution in [3.8, 4) is 0 Å². The first-order chi connectivity index (χ1) is 13.8. The Morgan fingerprint density at radius 1 is 1.04 bits per heavy atom. The van der Waals surface area contributed by atoms with Crippen molar-refractivity contribution in [1.82, 2.24) is 15.2 Å². The molecule has 1 N–H and O–H groups in total. The second-order valence-electron chi connectivity index (χ2n) is 7.43. The minimum Gasteiger partial charge on any atom is -0.378 e. The van der Waals surface area contributed by atoms with Gasteiger partial charge in [0.1, 0.15) is 5.69 Å². The zero-order chi connectivity index (χ0) is 19.2. The van der Waals surface area contributed by atoms with Gasteiger partial charge in [0, 0.05) is 38.1 Å². The third kappa shape index (κ3) is 4.69. The van der Waals surface area contributed by atoms with Crippen LogP contribution in [0.2, 0.25) is 0 Å². The Morgan fingerprint density at radius 3 is 2.57 bits per heavy atom. The molecule has 0 unspecified atom stereocenters. The van der Waals surface area contributed by atoms with Gasteiger partial charge in [-0.25, -0.2) is 0 Å². The van der Waals surface area contributed by atoms with E-state index in [1.807, 2.05) is 18.2 Å². The molecule has 0 aliphatic carbocycles. The summed E-state index contributed by atoms with van der Waals surface area (Å²) < 4.78 is 5.41. The number of morpholine rings is 1. The van der Waals surface area contributed by atoms with Crippen LogP contribution in [0.5, 0.6) is 0 Å². The van der Waals surface area contributed by atoms with Crippen molar-refractivity contribution in [2.45, 2.75) is 25.9 Å². The van der Waals surface area contributed by atoms with Crippen molar-refractivity contribution in [3.63, 3.8) is 0 Å². The van der Waals surface area contributed by atoms with Gasteiger partial charge in [-0.2, -0.15) is 0 Å². The Kier molecular flexibility index (Phi) is 6.19. The fraction of sp³-hybridized carbons (Fsp3) is 0.455. The highest BCUT2D eigenvalue weighted by Gasteiger charge is 2.16. The molecule has 6 nitrogen and oxygen atoms in total. The van der Waals surface area contributed by atoms with Gasteiger partial charge in [-0.15, -0.1) is 0 Å². The predicted molar refractivity (Wildman–Crippen MR) is 109 cm³/mol. The number of aromatic nitrogens is 1. The van der Waals surface area contributed by atoms with Gasteiger partial charge in [-0.05, 0) is 49.2 Å². The second kappa shape index (κ2) is 9.17. The fourth-order valence-electron chi connectivity index (χ4n) is 3.89. The number of carbonyl (C=O) groups excluding carboxylic acids is 1. The van der Waals surface area contributed by atoms with Crippen LogP contribution >= 0.6 is 0 Å². The number of anilines is 1. The summed E-state index contributed by atoms with van der Waals surface area (Å²) in [6, 6.07) is 12.2. The van der Waals surface area contributed by atoms with Crippen LogP contribution < -0.4 is 10.2 Å². The molecule has 0 bridgehead atoms. The van der Waals surface area contributed by atoms with Gasteiger partial charge in [0.2, 0.25) is 0 Å². The van der Waals surface area contributed by atoms with E-state index >= 15 is 0 Å². The number of carbonyl (C=O) groups is 1. The molecule has 0 radical (unpaired) electrons. The zero-order valence-corrected chi connectivity index (χ0v) is 16.3. The molecule has 4 rings (SSSR count). The van der Waals surface area contributed by atoms with Gasteiger partial charge >= 0.3 is 0 Å². The summed E-state index contributed by atoms with van der Waals surface area (Å²) in [5.41, 5.74) is 3.95. The molecule has 1 aromatic heterocycles. The van der Waals surface area contributed by atoms with E-state index in [1.165, 1.54) is 37.1 Å². The van der Waals surface area contributed by atoms with Crippen LogP contribution in [0.3, 0.4) is 0 Å². The number of pyridine rings is 1. The van der Waals surface area contributed by atoms with Gasteiger partial charge in [0.25, 0.3) is 5.91 Å². The Morgan fingerprint density at radius 2 is 1.79 bits per heavy atom. The molecule has 0 saturated carbocycles. The third-order valence-corrected chi connectivity index (χ3v) is 5.50. The molecule has 0 atom stereocenters. The molecule has 0 spiro atoms. The van der Waals surface area contributed by atoms with E-state index in [0.29, 0.717) is 12.2 Å². The van der Waals surface area contributed by atoms with E-state index in [9.17, 15) is 4.79 Å². The SMILES string of the molecule is O=C(NCc1ccccc1CN1CCCC1)c1cc(N2CCOCC2)ccn1. The highest BCUT2D eigenvalue weighted by molar-refractivity contribution is 5.93. The van der Waals surface area contributed by atoms with Gasteiger partial charge in [-0.3, -0.25) is 14.7 Å². The van der Waals surface area contributed by atoms with Crippen molar-refractivity contribution in [3.05, 3.63) is 59.4 Å². The highest BCUT2D eigenvalue weighted by Crippen LogP contribution is 2.18. The zero-order valence-electron chi connectivity index (χ0n) is 16.3. The molecule has 1 amide bonds. The summed E-state index contributed by atoms with van der Waals surface area (Å²) in [6.07, 6.45) is 4.27. The minimum atomic E-state index is -0.133. The van der Waals surface area contributed by atoms with Crippen molar-refractivity contribution < 1.29 is 9.53 Å². The van der Waals surface area contributed by atoms with Gasteiger partial charge in [0.15, 0.2) is 0 Å². The van der Waals surface area contributed by atoms with Crippen LogP contribution in [0.1, 0.15) is 34.5 Å². The Bertz CT molecular complexity index is 799. The average Bonchev–Trinajstić information content (AvgIpc) is 3.27. The van der Waals surface area contributed by atoms with Crippen molar-refractivity contribution in [2.24, 2.45) is 0 Å². The fourth-order valence-corrected chi connectivity index (χ4v) is 3.89. The molecule has 1 aromatic carbocycles. The lowest BCUT2D eigenvalue weighted by molar-refractivity contribution is 0.0945. The number of benzene rings is 1. The number of hydrogen-bond donors (Lipinski definition) is 1. The van der Waals surface area contributed by atoms with Gasteiger partial charge in [0.05, 0.1) is 13.2 Å². The van der Waals surface area contributed by atoms with Gasteiger partial charge in [-0.1, -0.05) is 24.3 Å². The van der Waals surface area contributed by atoms with Gasteiger partial charge < -0.3 is 15.0 Å². The molecular formula is C22H28N4O2. The molecule has 3 heterocycles. The van der Waals surface area contributed by atoms with Crippen LogP contribution in [-0.2, 0) is 17.8 Å².